The fourth-order valence-corrected chi connectivity index (χ4v) is 6.59. The second-order valence-corrected chi connectivity index (χ2v) is 14.1. The highest BCUT2D eigenvalue weighted by atomic mass is 16.1. The van der Waals surface area contributed by atoms with Gasteiger partial charge in [-0.25, -0.2) is 9.13 Å². The van der Waals surface area contributed by atoms with Gasteiger partial charge in [-0.15, -0.1) is 0 Å². The normalized spacial score (nSPS) is 11.8. The topological polar surface area (TPSA) is 42.9 Å². The monoisotopic (exact) mass is 654 g/mol. The Bertz CT molecular complexity index is 957. The van der Waals surface area contributed by atoms with E-state index >= 15 is 0 Å². The molecule has 4 heteroatoms. The second-order valence-electron chi connectivity index (χ2n) is 14.1. The van der Waals surface area contributed by atoms with E-state index in [2.05, 4.69) is 45.1 Å². The average molecular weight is 654 g/mol. The Morgan fingerprint density at radius 1 is 0.511 bits per heavy atom. The average Bonchev–Trinajstić information content (AvgIpc) is 3.40. The first-order valence-electron chi connectivity index (χ1n) is 20.5. The zero-order chi connectivity index (χ0) is 34.2. The van der Waals surface area contributed by atoms with Gasteiger partial charge in [0, 0.05) is 12.8 Å². The lowest BCUT2D eigenvalue weighted by atomic mass is 10.1. The van der Waals surface area contributed by atoms with Gasteiger partial charge in [-0.2, -0.15) is 0 Å². The number of rotatable bonds is 34. The third kappa shape index (κ3) is 22.3. The van der Waals surface area contributed by atoms with Crippen LogP contribution in [0.5, 0.6) is 0 Å². The van der Waals surface area contributed by atoms with Gasteiger partial charge in [-0.1, -0.05) is 148 Å². The molecule has 270 valence electrons. The summed E-state index contributed by atoms with van der Waals surface area (Å²) in [7, 11) is 1.93. The molecular formula is C43H77N2O2+. The van der Waals surface area contributed by atoms with Gasteiger partial charge in [0.15, 0.2) is 0 Å². The van der Waals surface area contributed by atoms with Crippen molar-refractivity contribution < 1.29 is 14.2 Å². The van der Waals surface area contributed by atoms with Crippen molar-refractivity contribution in [3.05, 3.63) is 42.0 Å². The number of unbranched alkanes of at least 4 members (excludes halogenated alkanes) is 22. The fourth-order valence-electron chi connectivity index (χ4n) is 6.59. The molecule has 0 fully saturated rings. The fraction of sp³-hybridized carbons (Fsp3) is 0.791. The summed E-state index contributed by atoms with van der Waals surface area (Å²) in [6.07, 6.45) is 46.2. The highest BCUT2D eigenvalue weighted by Crippen LogP contribution is 2.16. The van der Waals surface area contributed by atoms with Crippen LogP contribution in [0.2, 0.25) is 0 Å². The summed E-state index contributed by atoms with van der Waals surface area (Å²) in [6.45, 7) is 7.39. The van der Waals surface area contributed by atoms with Crippen molar-refractivity contribution in [3.8, 4) is 0 Å². The van der Waals surface area contributed by atoms with Crippen LogP contribution in [0, 0.1) is 0 Å². The Morgan fingerprint density at radius 3 is 1.28 bits per heavy atom. The van der Waals surface area contributed by atoms with Crippen molar-refractivity contribution in [1.29, 1.82) is 0 Å². The summed E-state index contributed by atoms with van der Waals surface area (Å²) in [5.41, 5.74) is 0.720. The molecule has 4 nitrogen and oxygen atoms in total. The third-order valence-electron chi connectivity index (χ3n) is 9.51. The predicted molar refractivity (Wildman–Crippen MR) is 203 cm³/mol. The Kier molecular flexibility index (Phi) is 28.7. The van der Waals surface area contributed by atoms with Crippen molar-refractivity contribution in [2.45, 2.75) is 214 Å². The summed E-state index contributed by atoms with van der Waals surface area (Å²) >= 11 is 0. The number of aromatic nitrogens is 2. The van der Waals surface area contributed by atoms with Crippen molar-refractivity contribution in [2.24, 2.45) is 7.05 Å². The minimum atomic E-state index is 0.179. The maximum atomic E-state index is 13.3. The van der Waals surface area contributed by atoms with E-state index in [1.54, 1.807) is 0 Å². The quantitative estimate of drug-likeness (QED) is 0.0321. The first-order valence-corrected chi connectivity index (χ1v) is 20.5. The lowest BCUT2D eigenvalue weighted by molar-refractivity contribution is -0.673. The van der Waals surface area contributed by atoms with E-state index in [0.717, 1.165) is 44.3 Å². The van der Waals surface area contributed by atoms with Gasteiger partial charge in [-0.05, 0) is 70.6 Å². The van der Waals surface area contributed by atoms with E-state index in [9.17, 15) is 9.59 Å². The van der Waals surface area contributed by atoms with Crippen LogP contribution in [0.1, 0.15) is 228 Å². The Hall–Kier alpha value is -1.97. The molecule has 0 spiro atoms. The summed E-state index contributed by atoms with van der Waals surface area (Å²) < 4.78 is 3.92. The molecule has 0 aliphatic carbocycles. The zero-order valence-electron chi connectivity index (χ0n) is 31.8. The van der Waals surface area contributed by atoms with Gasteiger partial charge in [0.2, 0.25) is 17.3 Å². The molecule has 1 heterocycles. The van der Waals surface area contributed by atoms with Crippen LogP contribution >= 0.6 is 0 Å². The summed E-state index contributed by atoms with van der Waals surface area (Å²) in [5, 5.41) is 0. The van der Waals surface area contributed by atoms with Crippen molar-refractivity contribution in [3.63, 3.8) is 0 Å². The maximum Gasteiger partial charge on any atom is 0.325 e. The smallest absolute Gasteiger partial charge is 0.290 e. The lowest BCUT2D eigenvalue weighted by Gasteiger charge is -2.05. The van der Waals surface area contributed by atoms with Crippen LogP contribution in [0.4, 0.5) is 0 Å². The molecule has 47 heavy (non-hydrogen) atoms. The van der Waals surface area contributed by atoms with Crippen molar-refractivity contribution >= 4 is 11.6 Å². The molecule has 0 aromatic carbocycles. The molecule has 0 aliphatic heterocycles. The molecule has 0 bridgehead atoms. The van der Waals surface area contributed by atoms with E-state index in [-0.39, 0.29) is 11.6 Å². The van der Waals surface area contributed by atoms with Gasteiger partial charge < -0.3 is 0 Å². The van der Waals surface area contributed by atoms with Crippen LogP contribution in [0.3, 0.4) is 0 Å². The Morgan fingerprint density at radius 2 is 0.872 bits per heavy atom. The molecule has 0 N–H and O–H groups in total. The number of nitrogens with zero attached hydrogens (tertiary/aromatic N) is 2. The molecule has 0 saturated heterocycles. The number of ketones is 2. The van der Waals surface area contributed by atoms with E-state index in [0.29, 0.717) is 18.7 Å². The summed E-state index contributed by atoms with van der Waals surface area (Å²) in [5.74, 6) is 1.07. The molecule has 1 aromatic rings. The largest absolute Gasteiger partial charge is 0.325 e. The molecule has 0 radical (unpaired) electrons. The number of imidazole rings is 1. The SMILES string of the molecule is CCCCCCCC/C=C\CCCCCCCC(=O)c1c[n+](C)c(C(=O)CCCCCCC/C=C\CCCCCCCC)n1CCC. The summed E-state index contributed by atoms with van der Waals surface area (Å²) in [4.78, 5) is 26.5. The first-order chi connectivity index (χ1) is 23.1. The maximum absolute atomic E-state index is 13.3. The Balaban J connectivity index is 2.24. The summed E-state index contributed by atoms with van der Waals surface area (Å²) in [6, 6.07) is 0. The van der Waals surface area contributed by atoms with Crippen LogP contribution < -0.4 is 4.57 Å². The minimum Gasteiger partial charge on any atom is -0.290 e. The second kappa shape index (κ2) is 31.3. The number of Topliss-reactive ketones (excluding diaryl/α,β-unsaturated/α-hetero) is 2. The van der Waals surface area contributed by atoms with Gasteiger partial charge in [0.1, 0.15) is 6.20 Å². The molecular weight excluding hydrogens is 576 g/mol. The molecule has 0 amide bonds. The number of carbonyl (C=O) groups is 2. The molecule has 0 atom stereocenters. The van der Waals surface area contributed by atoms with Crippen LogP contribution in [-0.2, 0) is 13.6 Å². The molecule has 0 unspecified atom stereocenters. The van der Waals surface area contributed by atoms with Gasteiger partial charge in [-0.3, -0.25) is 9.59 Å². The van der Waals surface area contributed by atoms with Crippen molar-refractivity contribution in [2.75, 3.05) is 0 Å². The van der Waals surface area contributed by atoms with Gasteiger partial charge >= 0.3 is 5.82 Å². The Labute approximate surface area is 292 Å². The van der Waals surface area contributed by atoms with E-state index in [1.807, 2.05) is 22.4 Å². The van der Waals surface area contributed by atoms with E-state index in [4.69, 9.17) is 0 Å². The highest BCUT2D eigenvalue weighted by molar-refractivity contribution is 5.97. The minimum absolute atomic E-state index is 0.179. The van der Waals surface area contributed by atoms with E-state index in [1.165, 1.54) is 141 Å². The van der Waals surface area contributed by atoms with Gasteiger partial charge in [0.25, 0.3) is 0 Å². The lowest BCUT2D eigenvalue weighted by Crippen LogP contribution is -2.35. The molecule has 1 rings (SSSR count). The highest BCUT2D eigenvalue weighted by Gasteiger charge is 2.29. The standard InChI is InChI=1S/C43H77N2O2/c1-5-8-10-12-14-16-18-20-22-24-26-28-30-32-34-36-41(46)40-39-44(4)43(45(40)38-7-3)42(47)37-35-33-31-29-27-25-23-21-19-17-15-13-11-9-6-2/h20-23,39H,5-19,24-38H2,1-4H3/q+1/b22-20-,23-21-. The first kappa shape index (κ1) is 43.1. The van der Waals surface area contributed by atoms with Crippen LogP contribution in [0.25, 0.3) is 0 Å². The molecule has 0 aliphatic rings. The third-order valence-corrected chi connectivity index (χ3v) is 9.51. The number of hydrogen-bond donors (Lipinski definition) is 0. The van der Waals surface area contributed by atoms with E-state index < -0.39 is 0 Å². The van der Waals surface area contributed by atoms with Gasteiger partial charge in [0.05, 0.1) is 13.6 Å². The van der Waals surface area contributed by atoms with Crippen LogP contribution in [0.15, 0.2) is 30.5 Å². The molecule has 0 saturated carbocycles. The number of allylic oxidation sites excluding steroid dienone is 4. The van der Waals surface area contributed by atoms with Crippen molar-refractivity contribution in [1.82, 2.24) is 4.57 Å². The number of aryl methyl sites for hydroxylation is 1. The number of hydrogen-bond acceptors (Lipinski definition) is 2. The van der Waals surface area contributed by atoms with Crippen LogP contribution in [-0.4, -0.2) is 16.1 Å². The molecule has 1 aromatic heterocycles. The number of carbonyl (C=O) groups excluding carboxylic acids is 2. The predicted octanol–water partition coefficient (Wildman–Crippen LogP) is 13.2. The zero-order valence-corrected chi connectivity index (χ0v) is 31.8.